The van der Waals surface area contributed by atoms with Crippen molar-refractivity contribution in [3.05, 3.63) is 35.8 Å². The zero-order valence-corrected chi connectivity index (χ0v) is 8.70. The van der Waals surface area contributed by atoms with Gasteiger partial charge in [-0.1, -0.05) is 0 Å². The van der Waals surface area contributed by atoms with Crippen LogP contribution in [0.3, 0.4) is 0 Å². The van der Waals surface area contributed by atoms with Gasteiger partial charge in [0.2, 0.25) is 0 Å². The summed E-state index contributed by atoms with van der Waals surface area (Å²) < 4.78 is 13.1. The Morgan fingerprint density at radius 3 is 2.81 bits per heavy atom. The second kappa shape index (κ2) is 3.42. The van der Waals surface area contributed by atoms with Crippen LogP contribution in [-0.4, -0.2) is 4.98 Å². The summed E-state index contributed by atoms with van der Waals surface area (Å²) in [4.78, 5) is 4.52. The third kappa shape index (κ3) is 1.51. The van der Waals surface area contributed by atoms with E-state index in [4.69, 9.17) is 5.84 Å². The first-order valence-electron chi connectivity index (χ1n) is 5.35. The number of nitrogens with two attached hydrogens (primary N) is 1. The molecular formula is C12H12FN3. The number of benzene rings is 1. The number of aromatic nitrogens is 1. The van der Waals surface area contributed by atoms with Crippen molar-refractivity contribution in [3.8, 4) is 0 Å². The molecule has 0 atom stereocenters. The fraction of sp³-hybridized carbons (Fsp3) is 0.250. The number of anilines is 1. The van der Waals surface area contributed by atoms with Crippen LogP contribution in [-0.2, 0) is 0 Å². The minimum Gasteiger partial charge on any atom is -0.323 e. The Bertz CT molecular complexity index is 549. The monoisotopic (exact) mass is 217 g/mol. The number of nitrogen functional groups attached to an aromatic ring is 1. The van der Waals surface area contributed by atoms with Gasteiger partial charge >= 0.3 is 0 Å². The summed E-state index contributed by atoms with van der Waals surface area (Å²) >= 11 is 0. The summed E-state index contributed by atoms with van der Waals surface area (Å²) in [6, 6.07) is 6.48. The zero-order chi connectivity index (χ0) is 11.1. The standard InChI is InChI=1S/C12H12FN3/c13-8-3-4-10-9(5-8)12(16-14)6-11(15-10)7-1-2-7/h3-7H,1-2,14H2,(H,15,16). The highest BCUT2D eigenvalue weighted by molar-refractivity contribution is 5.91. The average molecular weight is 217 g/mol. The van der Waals surface area contributed by atoms with Crippen LogP contribution in [0.15, 0.2) is 24.3 Å². The lowest BCUT2D eigenvalue weighted by atomic mass is 10.1. The van der Waals surface area contributed by atoms with Gasteiger partial charge in [0.15, 0.2) is 0 Å². The van der Waals surface area contributed by atoms with Gasteiger partial charge in [0.05, 0.1) is 11.2 Å². The van der Waals surface area contributed by atoms with Crippen LogP contribution in [0, 0.1) is 5.82 Å². The number of rotatable bonds is 2. The van der Waals surface area contributed by atoms with Crippen LogP contribution >= 0.6 is 0 Å². The van der Waals surface area contributed by atoms with E-state index in [0.29, 0.717) is 5.92 Å². The Labute approximate surface area is 92.4 Å². The molecule has 0 amide bonds. The van der Waals surface area contributed by atoms with Gasteiger partial charge in [-0.15, -0.1) is 0 Å². The molecule has 0 aliphatic heterocycles. The summed E-state index contributed by atoms with van der Waals surface area (Å²) in [7, 11) is 0. The SMILES string of the molecule is NNc1cc(C2CC2)nc2ccc(F)cc12. The molecule has 1 aliphatic carbocycles. The number of nitrogens with zero attached hydrogens (tertiary/aromatic N) is 1. The average Bonchev–Trinajstić information content (AvgIpc) is 3.11. The molecule has 0 radical (unpaired) electrons. The Kier molecular flexibility index (Phi) is 2.04. The molecule has 3 nitrogen and oxygen atoms in total. The minimum atomic E-state index is -0.273. The summed E-state index contributed by atoms with van der Waals surface area (Å²) in [5.41, 5.74) is 5.19. The maximum atomic E-state index is 13.1. The van der Waals surface area contributed by atoms with Gasteiger partial charge in [0, 0.05) is 17.0 Å². The van der Waals surface area contributed by atoms with Gasteiger partial charge in [-0.05, 0) is 37.1 Å². The van der Waals surface area contributed by atoms with Gasteiger partial charge in [0.1, 0.15) is 5.82 Å². The summed E-state index contributed by atoms with van der Waals surface area (Å²) in [6.45, 7) is 0. The van der Waals surface area contributed by atoms with Gasteiger partial charge in [0.25, 0.3) is 0 Å². The quantitative estimate of drug-likeness (QED) is 0.600. The highest BCUT2D eigenvalue weighted by Crippen LogP contribution is 2.40. The topological polar surface area (TPSA) is 50.9 Å². The van der Waals surface area contributed by atoms with Crippen molar-refractivity contribution in [2.45, 2.75) is 18.8 Å². The second-order valence-corrected chi connectivity index (χ2v) is 4.17. The number of pyridine rings is 1. The first-order valence-corrected chi connectivity index (χ1v) is 5.35. The fourth-order valence-corrected chi connectivity index (χ4v) is 1.93. The lowest BCUT2D eigenvalue weighted by Crippen LogP contribution is -2.08. The molecule has 0 unspecified atom stereocenters. The van der Waals surface area contributed by atoms with Crippen molar-refractivity contribution in [1.29, 1.82) is 0 Å². The number of hydrazine groups is 1. The molecule has 3 rings (SSSR count). The van der Waals surface area contributed by atoms with Crippen molar-refractivity contribution in [2.24, 2.45) is 5.84 Å². The van der Waals surface area contributed by atoms with Crippen molar-refractivity contribution >= 4 is 16.6 Å². The van der Waals surface area contributed by atoms with Gasteiger partial charge in [-0.3, -0.25) is 10.8 Å². The van der Waals surface area contributed by atoms with Crippen LogP contribution in [0.5, 0.6) is 0 Å². The third-order valence-electron chi connectivity index (χ3n) is 2.94. The molecule has 0 bridgehead atoms. The summed E-state index contributed by atoms with van der Waals surface area (Å²) in [5.74, 6) is 5.74. The van der Waals surface area contributed by atoms with E-state index in [2.05, 4.69) is 10.4 Å². The van der Waals surface area contributed by atoms with E-state index < -0.39 is 0 Å². The molecule has 2 aromatic rings. The number of nitrogens with one attached hydrogen (secondary N) is 1. The summed E-state index contributed by atoms with van der Waals surface area (Å²) in [6.07, 6.45) is 2.37. The van der Waals surface area contributed by atoms with Crippen LogP contribution in [0.2, 0.25) is 0 Å². The Balaban J connectivity index is 2.25. The molecule has 16 heavy (non-hydrogen) atoms. The molecular weight excluding hydrogens is 205 g/mol. The largest absolute Gasteiger partial charge is 0.323 e. The van der Waals surface area contributed by atoms with Gasteiger partial charge in [-0.25, -0.2) is 4.39 Å². The third-order valence-corrected chi connectivity index (χ3v) is 2.94. The molecule has 1 fully saturated rings. The normalized spacial score (nSPS) is 15.4. The molecule has 0 saturated heterocycles. The minimum absolute atomic E-state index is 0.273. The Morgan fingerprint density at radius 1 is 1.31 bits per heavy atom. The van der Waals surface area contributed by atoms with Crippen LogP contribution in [0.25, 0.3) is 10.9 Å². The van der Waals surface area contributed by atoms with Crippen molar-refractivity contribution in [1.82, 2.24) is 4.98 Å². The van der Waals surface area contributed by atoms with Crippen LogP contribution < -0.4 is 11.3 Å². The fourth-order valence-electron chi connectivity index (χ4n) is 1.93. The molecule has 4 heteroatoms. The van der Waals surface area contributed by atoms with E-state index in [9.17, 15) is 4.39 Å². The van der Waals surface area contributed by atoms with Crippen molar-refractivity contribution < 1.29 is 4.39 Å². The maximum absolute atomic E-state index is 13.1. The first kappa shape index (κ1) is 9.54. The smallest absolute Gasteiger partial charge is 0.124 e. The Hall–Kier alpha value is -1.68. The number of hydrogen-bond donors (Lipinski definition) is 2. The molecule has 1 aliphatic rings. The number of hydrogen-bond acceptors (Lipinski definition) is 3. The predicted molar refractivity (Wildman–Crippen MR) is 61.5 cm³/mol. The van der Waals surface area contributed by atoms with E-state index in [-0.39, 0.29) is 5.82 Å². The van der Waals surface area contributed by atoms with E-state index in [0.717, 1.165) is 22.3 Å². The second-order valence-electron chi connectivity index (χ2n) is 4.17. The lowest BCUT2D eigenvalue weighted by molar-refractivity contribution is 0.629. The predicted octanol–water partition coefficient (Wildman–Crippen LogP) is 2.54. The molecule has 3 N–H and O–H groups in total. The van der Waals surface area contributed by atoms with E-state index in [1.54, 1.807) is 6.07 Å². The van der Waals surface area contributed by atoms with Crippen molar-refractivity contribution in [3.63, 3.8) is 0 Å². The molecule has 1 heterocycles. The molecule has 1 aromatic carbocycles. The molecule has 82 valence electrons. The van der Waals surface area contributed by atoms with Crippen molar-refractivity contribution in [2.75, 3.05) is 5.43 Å². The molecule has 1 saturated carbocycles. The summed E-state index contributed by atoms with van der Waals surface area (Å²) in [5, 5.41) is 0.729. The zero-order valence-electron chi connectivity index (χ0n) is 8.70. The van der Waals surface area contributed by atoms with Gasteiger partial charge < -0.3 is 5.43 Å². The first-order chi connectivity index (χ1) is 7.78. The molecule has 0 spiro atoms. The molecule has 1 aromatic heterocycles. The number of fused-ring (bicyclic) bond motifs is 1. The van der Waals surface area contributed by atoms with Crippen LogP contribution in [0.4, 0.5) is 10.1 Å². The lowest BCUT2D eigenvalue weighted by Gasteiger charge is -2.08. The van der Waals surface area contributed by atoms with E-state index >= 15 is 0 Å². The van der Waals surface area contributed by atoms with Gasteiger partial charge in [-0.2, -0.15) is 0 Å². The van der Waals surface area contributed by atoms with E-state index in [1.165, 1.54) is 25.0 Å². The Morgan fingerprint density at radius 2 is 2.12 bits per heavy atom. The highest BCUT2D eigenvalue weighted by Gasteiger charge is 2.25. The maximum Gasteiger partial charge on any atom is 0.124 e. The highest BCUT2D eigenvalue weighted by atomic mass is 19.1. The van der Waals surface area contributed by atoms with E-state index in [1.807, 2.05) is 6.07 Å². The van der Waals surface area contributed by atoms with Crippen LogP contribution in [0.1, 0.15) is 24.5 Å². The number of halogens is 1.